The van der Waals surface area contributed by atoms with Crippen molar-refractivity contribution in [1.82, 2.24) is 4.98 Å². The van der Waals surface area contributed by atoms with Crippen LogP contribution in [0.4, 0.5) is 8.78 Å². The number of nitrogens with zero attached hydrogens (tertiary/aromatic N) is 3. The first-order valence-electron chi connectivity index (χ1n) is 9.71. The molecule has 0 bridgehead atoms. The Balaban J connectivity index is 0.000000335. The lowest BCUT2D eigenvalue weighted by atomic mass is 9.99. The molecule has 1 heterocycles. The summed E-state index contributed by atoms with van der Waals surface area (Å²) in [6.07, 6.45) is 0. The van der Waals surface area contributed by atoms with Gasteiger partial charge in [0.1, 0.15) is 26.1 Å². The van der Waals surface area contributed by atoms with Crippen LogP contribution in [0.2, 0.25) is 0 Å². The second-order valence-corrected chi connectivity index (χ2v) is 6.13. The zero-order valence-electron chi connectivity index (χ0n) is 18.1. The minimum absolute atomic E-state index is 0.0348. The number of aryl methyl sites for hydroxylation is 1. The van der Waals surface area contributed by atoms with Gasteiger partial charge in [-0.2, -0.15) is 10.5 Å². The number of benzene rings is 2. The van der Waals surface area contributed by atoms with Gasteiger partial charge < -0.3 is 9.84 Å². The molecule has 0 aliphatic carbocycles. The van der Waals surface area contributed by atoms with Crippen molar-refractivity contribution in [3.63, 3.8) is 0 Å². The van der Waals surface area contributed by atoms with Crippen LogP contribution >= 0.6 is 0 Å². The number of halogens is 2. The highest BCUT2D eigenvalue weighted by Gasteiger charge is 2.06. The van der Waals surface area contributed by atoms with Crippen molar-refractivity contribution in [2.45, 2.75) is 34.0 Å². The highest BCUT2D eigenvalue weighted by atomic mass is 19.1. The molecular formula is C24H22BF2N3O2. The molecule has 0 aliphatic heterocycles. The van der Waals surface area contributed by atoms with E-state index in [2.05, 4.69) is 4.98 Å². The van der Waals surface area contributed by atoms with E-state index in [-0.39, 0.29) is 29.9 Å². The van der Waals surface area contributed by atoms with Crippen molar-refractivity contribution in [3.8, 4) is 18.0 Å². The largest absolute Gasteiger partial charge is 0.473 e. The average Bonchev–Trinajstić information content (AvgIpc) is 2.82. The number of aliphatic hydroxyl groups excluding tert-OH is 1. The summed E-state index contributed by atoms with van der Waals surface area (Å²) in [6, 6.07) is 15.3. The summed E-state index contributed by atoms with van der Waals surface area (Å²) < 4.78 is 31.7. The summed E-state index contributed by atoms with van der Waals surface area (Å²) in [5.41, 5.74) is 2.36. The minimum atomic E-state index is -0.536. The minimum Gasteiger partial charge on any atom is -0.473 e. The number of aromatic nitrogens is 1. The Morgan fingerprint density at radius 1 is 0.938 bits per heavy atom. The quantitative estimate of drug-likeness (QED) is 0.629. The predicted molar refractivity (Wildman–Crippen MR) is 118 cm³/mol. The third kappa shape index (κ3) is 7.83. The molecule has 0 amide bonds. The summed E-state index contributed by atoms with van der Waals surface area (Å²) in [5.74, 6) is -0.669. The Morgan fingerprint density at radius 2 is 1.47 bits per heavy atom. The van der Waals surface area contributed by atoms with E-state index < -0.39 is 11.6 Å². The van der Waals surface area contributed by atoms with Crippen LogP contribution in [0.3, 0.4) is 0 Å². The van der Waals surface area contributed by atoms with E-state index in [1.807, 2.05) is 26.8 Å². The molecule has 3 rings (SSSR count). The van der Waals surface area contributed by atoms with Gasteiger partial charge in [-0.05, 0) is 42.3 Å². The molecule has 1 aromatic heterocycles. The number of hydrogen-bond donors (Lipinski definition) is 1. The second-order valence-electron chi connectivity index (χ2n) is 6.13. The van der Waals surface area contributed by atoms with Gasteiger partial charge in [-0.15, -0.1) is 0 Å². The molecule has 162 valence electrons. The maximum atomic E-state index is 13.6. The molecule has 3 aromatic rings. The summed E-state index contributed by atoms with van der Waals surface area (Å²) in [7, 11) is 5.66. The average molecular weight is 433 g/mol. The van der Waals surface area contributed by atoms with Gasteiger partial charge in [0, 0.05) is 17.2 Å². The van der Waals surface area contributed by atoms with Crippen LogP contribution in [0.15, 0.2) is 48.5 Å². The fourth-order valence-corrected chi connectivity index (χ4v) is 2.24. The lowest BCUT2D eigenvalue weighted by Gasteiger charge is -2.08. The van der Waals surface area contributed by atoms with Gasteiger partial charge in [0.05, 0.1) is 29.9 Å². The summed E-state index contributed by atoms with van der Waals surface area (Å²) in [6.45, 7) is 5.54. The molecular weight excluding hydrogens is 411 g/mol. The van der Waals surface area contributed by atoms with Crippen LogP contribution in [0, 0.1) is 41.2 Å². The molecule has 0 aliphatic rings. The van der Waals surface area contributed by atoms with Crippen molar-refractivity contribution in [2.75, 3.05) is 0 Å². The third-order valence-electron chi connectivity index (χ3n) is 4.02. The smallest absolute Gasteiger partial charge is 0.212 e. The number of ether oxygens (including phenoxy) is 1. The van der Waals surface area contributed by atoms with Gasteiger partial charge in [-0.25, -0.2) is 13.8 Å². The number of hydrogen-bond acceptors (Lipinski definition) is 5. The molecule has 32 heavy (non-hydrogen) atoms. The maximum absolute atomic E-state index is 13.6. The first-order valence-corrected chi connectivity index (χ1v) is 9.71. The zero-order valence-corrected chi connectivity index (χ0v) is 18.1. The SMILES string of the molecule is CC.N#Cc1ccc(CO)c(F)c1.[B]c1nc(OCc2ccc(C#N)cc2F)ccc1C. The molecule has 2 radical (unpaired) electrons. The predicted octanol–water partition coefficient (Wildman–Crippen LogP) is 3.99. The first kappa shape index (κ1) is 26.3. The maximum Gasteiger partial charge on any atom is 0.212 e. The summed E-state index contributed by atoms with van der Waals surface area (Å²) in [5, 5.41) is 25.6. The molecule has 0 fully saturated rings. The monoisotopic (exact) mass is 433 g/mol. The molecule has 0 saturated carbocycles. The summed E-state index contributed by atoms with van der Waals surface area (Å²) in [4.78, 5) is 4.03. The zero-order chi connectivity index (χ0) is 24.1. The van der Waals surface area contributed by atoms with E-state index in [0.29, 0.717) is 17.0 Å². The van der Waals surface area contributed by atoms with Gasteiger partial charge in [0.25, 0.3) is 0 Å². The van der Waals surface area contributed by atoms with Crippen molar-refractivity contribution < 1.29 is 18.6 Å². The molecule has 8 heteroatoms. The molecule has 0 saturated heterocycles. The Kier molecular flexibility index (Phi) is 11.1. The van der Waals surface area contributed by atoms with Gasteiger partial charge in [0.15, 0.2) is 0 Å². The second kappa shape index (κ2) is 13.5. The van der Waals surface area contributed by atoms with E-state index >= 15 is 0 Å². The van der Waals surface area contributed by atoms with E-state index in [9.17, 15) is 8.78 Å². The third-order valence-corrected chi connectivity index (χ3v) is 4.02. The Labute approximate surface area is 188 Å². The lowest BCUT2D eigenvalue weighted by molar-refractivity contribution is 0.275. The van der Waals surface area contributed by atoms with E-state index in [0.717, 1.165) is 11.6 Å². The van der Waals surface area contributed by atoms with Crippen molar-refractivity contribution in [3.05, 3.63) is 88.0 Å². The summed E-state index contributed by atoms with van der Waals surface area (Å²) >= 11 is 0. The van der Waals surface area contributed by atoms with E-state index in [1.54, 1.807) is 24.3 Å². The molecule has 0 spiro atoms. The Morgan fingerprint density at radius 3 is 1.91 bits per heavy atom. The fourth-order valence-electron chi connectivity index (χ4n) is 2.24. The molecule has 1 N–H and O–H groups in total. The lowest BCUT2D eigenvalue weighted by Crippen LogP contribution is -2.13. The topological polar surface area (TPSA) is 89.9 Å². The first-order chi connectivity index (χ1) is 15.4. The standard InChI is InChI=1S/C14H10BFN2O.C8H6FNO.C2H6/c1-9-2-5-13(18-14(9)15)19-8-11-4-3-10(7-17)6-12(11)16;9-8-3-6(4-10)1-2-7(8)5-11;1-2/h2-6H,8H2,1H3;1-3,11H,5H2;1-2H3. The highest BCUT2D eigenvalue weighted by Crippen LogP contribution is 2.13. The molecule has 5 nitrogen and oxygen atoms in total. The fraction of sp³-hybridized carbons (Fsp3) is 0.208. The van der Waals surface area contributed by atoms with Crippen molar-refractivity contribution in [2.24, 2.45) is 0 Å². The Bertz CT molecular complexity index is 1130. The van der Waals surface area contributed by atoms with Crippen molar-refractivity contribution >= 4 is 13.4 Å². The van der Waals surface area contributed by atoms with Crippen LogP contribution in [0.1, 0.15) is 41.7 Å². The Hall–Kier alpha value is -3.75. The van der Waals surface area contributed by atoms with Gasteiger partial charge >= 0.3 is 0 Å². The van der Waals surface area contributed by atoms with E-state index in [4.69, 9.17) is 28.2 Å². The van der Waals surface area contributed by atoms with Crippen LogP contribution in [-0.2, 0) is 13.2 Å². The van der Waals surface area contributed by atoms with Crippen LogP contribution in [-0.4, -0.2) is 17.9 Å². The van der Waals surface area contributed by atoms with Crippen LogP contribution in [0.5, 0.6) is 5.88 Å². The number of aliphatic hydroxyl groups is 1. The number of rotatable bonds is 4. The molecule has 0 unspecified atom stereocenters. The van der Waals surface area contributed by atoms with E-state index in [1.165, 1.54) is 24.3 Å². The molecule has 0 atom stereocenters. The number of nitriles is 2. The van der Waals surface area contributed by atoms with Crippen LogP contribution < -0.4 is 10.3 Å². The highest BCUT2D eigenvalue weighted by molar-refractivity contribution is 6.31. The van der Waals surface area contributed by atoms with Gasteiger partial charge in [-0.3, -0.25) is 0 Å². The molecule has 2 aromatic carbocycles. The normalized spacial score (nSPS) is 9.25. The van der Waals surface area contributed by atoms with Crippen molar-refractivity contribution in [1.29, 1.82) is 10.5 Å². The van der Waals surface area contributed by atoms with Gasteiger partial charge in [-0.1, -0.05) is 32.0 Å². The van der Waals surface area contributed by atoms with Gasteiger partial charge in [0.2, 0.25) is 5.88 Å². The number of pyridine rings is 1. The van der Waals surface area contributed by atoms with Crippen LogP contribution in [0.25, 0.3) is 0 Å².